The van der Waals surface area contributed by atoms with E-state index in [2.05, 4.69) is 24.1 Å². The molecule has 0 aliphatic rings. The molecule has 0 amide bonds. The Labute approximate surface area is 120 Å². The van der Waals surface area contributed by atoms with E-state index in [1.807, 2.05) is 19.1 Å². The molecule has 0 saturated carbocycles. The molecular weight excluding hydrogens is 262 g/mol. The Morgan fingerprint density at radius 3 is 2.58 bits per heavy atom. The molecule has 1 rings (SSSR count). The lowest BCUT2D eigenvalue weighted by Gasteiger charge is -2.18. The molecule has 0 radical (unpaired) electrons. The molecule has 4 heteroatoms. The van der Waals surface area contributed by atoms with Crippen LogP contribution in [0.5, 0.6) is 11.5 Å². The Bertz CT molecular complexity index is 477. The average Bonchev–Trinajstić information content (AvgIpc) is 2.42. The van der Waals surface area contributed by atoms with Crippen LogP contribution in [-0.4, -0.2) is 20.8 Å². The number of benzene rings is 1. The van der Waals surface area contributed by atoms with Gasteiger partial charge in [0.1, 0.15) is 0 Å². The molecule has 0 heterocycles. The molecule has 0 spiro atoms. The number of nitrogens with one attached hydrogen (secondary N) is 1. The Balaban J connectivity index is 3.14. The molecule has 0 aliphatic carbocycles. The van der Waals surface area contributed by atoms with E-state index in [1.165, 1.54) is 0 Å². The van der Waals surface area contributed by atoms with Crippen LogP contribution in [0.4, 0.5) is 0 Å². The third-order valence-electron chi connectivity index (χ3n) is 2.79. The minimum atomic E-state index is 0.134. The molecule has 1 atom stereocenters. The van der Waals surface area contributed by atoms with Crippen molar-refractivity contribution in [2.45, 2.75) is 26.3 Å². The maximum Gasteiger partial charge on any atom is 0.179 e. The van der Waals surface area contributed by atoms with Crippen molar-refractivity contribution in [3.63, 3.8) is 0 Å². The lowest BCUT2D eigenvalue weighted by molar-refractivity contribution is 0.354. The summed E-state index contributed by atoms with van der Waals surface area (Å²) in [6.07, 6.45) is 0.732. The molecule has 1 aromatic rings. The zero-order valence-electron chi connectivity index (χ0n) is 11.8. The normalized spacial score (nSPS) is 11.4. The fourth-order valence-corrected chi connectivity index (χ4v) is 2.19. The molecule has 3 nitrogen and oxygen atoms in total. The average molecular weight is 282 g/mol. The zero-order chi connectivity index (χ0) is 14.3. The van der Waals surface area contributed by atoms with Crippen LogP contribution in [-0.2, 0) is 0 Å². The van der Waals surface area contributed by atoms with Crippen molar-refractivity contribution >= 4 is 11.6 Å². The third-order valence-corrected chi connectivity index (χ3v) is 3.07. The number of hydrogen-bond donors (Lipinski definition) is 1. The largest absolute Gasteiger partial charge is 0.493 e. The summed E-state index contributed by atoms with van der Waals surface area (Å²) in [5.74, 6) is 7.20. The first-order valence-electron chi connectivity index (χ1n) is 6.22. The summed E-state index contributed by atoms with van der Waals surface area (Å²) in [7, 11) is 3.18. The van der Waals surface area contributed by atoms with Crippen molar-refractivity contribution in [3.8, 4) is 23.3 Å². The summed E-state index contributed by atoms with van der Waals surface area (Å²) in [4.78, 5) is 0. The third kappa shape index (κ3) is 4.05. The number of ether oxygens (including phenoxy) is 2. The van der Waals surface area contributed by atoms with Gasteiger partial charge in [-0.15, -0.1) is 11.8 Å². The molecule has 0 fully saturated rings. The van der Waals surface area contributed by atoms with Gasteiger partial charge in [0.2, 0.25) is 0 Å². The Morgan fingerprint density at radius 2 is 2.05 bits per heavy atom. The second kappa shape index (κ2) is 7.93. The minimum absolute atomic E-state index is 0.134. The molecule has 19 heavy (non-hydrogen) atoms. The lowest BCUT2D eigenvalue weighted by Crippen LogP contribution is -2.20. The summed E-state index contributed by atoms with van der Waals surface area (Å²) in [6.45, 7) is 4.77. The maximum absolute atomic E-state index is 6.22. The van der Waals surface area contributed by atoms with E-state index in [1.54, 1.807) is 14.2 Å². The molecule has 104 valence electrons. The summed E-state index contributed by atoms with van der Waals surface area (Å²) in [6, 6.07) is 3.97. The molecule has 1 N–H and O–H groups in total. The van der Waals surface area contributed by atoms with Crippen LogP contribution in [0, 0.1) is 11.8 Å². The minimum Gasteiger partial charge on any atom is -0.493 e. The summed E-state index contributed by atoms with van der Waals surface area (Å²) in [5, 5.41) is 3.94. The maximum atomic E-state index is 6.22. The van der Waals surface area contributed by atoms with E-state index in [4.69, 9.17) is 21.1 Å². The quantitative estimate of drug-likeness (QED) is 0.811. The topological polar surface area (TPSA) is 30.5 Å². The predicted molar refractivity (Wildman–Crippen MR) is 79.0 cm³/mol. The highest BCUT2D eigenvalue weighted by atomic mass is 35.5. The first-order valence-corrected chi connectivity index (χ1v) is 6.60. The molecular formula is C15H20ClNO2. The van der Waals surface area contributed by atoms with Gasteiger partial charge in [0, 0.05) is 12.5 Å². The van der Waals surface area contributed by atoms with E-state index in [-0.39, 0.29) is 6.04 Å². The highest BCUT2D eigenvalue weighted by molar-refractivity contribution is 6.32. The Hall–Kier alpha value is -1.37. The monoisotopic (exact) mass is 281 g/mol. The number of hydrogen-bond acceptors (Lipinski definition) is 3. The smallest absolute Gasteiger partial charge is 0.179 e. The highest BCUT2D eigenvalue weighted by Crippen LogP contribution is 2.38. The van der Waals surface area contributed by atoms with Gasteiger partial charge in [-0.2, -0.15) is 0 Å². The SMILES string of the molecule is CC#CCC(NCC)c1cc(Cl)c(OC)c(OC)c1. The van der Waals surface area contributed by atoms with E-state index in [0.717, 1.165) is 18.5 Å². The van der Waals surface area contributed by atoms with Gasteiger partial charge in [0.15, 0.2) is 11.5 Å². The number of halogens is 1. The predicted octanol–water partition coefficient (Wildman–Crippen LogP) is 3.42. The van der Waals surface area contributed by atoms with Crippen molar-refractivity contribution in [2.75, 3.05) is 20.8 Å². The van der Waals surface area contributed by atoms with Crippen LogP contribution in [0.3, 0.4) is 0 Å². The summed E-state index contributed by atoms with van der Waals surface area (Å²) in [5.41, 5.74) is 1.05. The molecule has 0 bridgehead atoms. The van der Waals surface area contributed by atoms with Gasteiger partial charge in [0.05, 0.1) is 19.2 Å². The van der Waals surface area contributed by atoms with Crippen molar-refractivity contribution < 1.29 is 9.47 Å². The van der Waals surface area contributed by atoms with Crippen LogP contribution in [0.25, 0.3) is 0 Å². The van der Waals surface area contributed by atoms with Gasteiger partial charge in [0.25, 0.3) is 0 Å². The Morgan fingerprint density at radius 1 is 1.32 bits per heavy atom. The summed E-state index contributed by atoms with van der Waals surface area (Å²) >= 11 is 6.22. The van der Waals surface area contributed by atoms with Crippen LogP contribution in [0.15, 0.2) is 12.1 Å². The van der Waals surface area contributed by atoms with E-state index in [9.17, 15) is 0 Å². The Kier molecular flexibility index (Phi) is 6.55. The van der Waals surface area contributed by atoms with Crippen molar-refractivity contribution in [1.29, 1.82) is 0 Å². The van der Waals surface area contributed by atoms with Gasteiger partial charge in [-0.05, 0) is 31.2 Å². The molecule has 0 saturated heterocycles. The van der Waals surface area contributed by atoms with E-state index < -0.39 is 0 Å². The van der Waals surface area contributed by atoms with Crippen LogP contribution in [0.1, 0.15) is 31.9 Å². The van der Waals surface area contributed by atoms with Crippen LogP contribution in [0.2, 0.25) is 5.02 Å². The van der Waals surface area contributed by atoms with Crippen LogP contribution < -0.4 is 14.8 Å². The standard InChI is InChI=1S/C15H20ClNO2/c1-5-7-8-13(17-6-2)11-9-12(16)15(19-4)14(10-11)18-3/h9-10,13,17H,6,8H2,1-4H3. The fraction of sp³-hybridized carbons (Fsp3) is 0.467. The lowest BCUT2D eigenvalue weighted by atomic mass is 10.0. The number of rotatable bonds is 6. The van der Waals surface area contributed by atoms with Gasteiger partial charge in [-0.25, -0.2) is 0 Å². The van der Waals surface area contributed by atoms with Crippen LogP contribution >= 0.6 is 11.6 Å². The van der Waals surface area contributed by atoms with Crippen molar-refractivity contribution in [3.05, 3.63) is 22.7 Å². The first-order chi connectivity index (χ1) is 9.17. The second-order valence-corrected chi connectivity index (χ2v) is 4.39. The van der Waals surface area contributed by atoms with Gasteiger partial charge in [-0.3, -0.25) is 0 Å². The van der Waals surface area contributed by atoms with Gasteiger partial charge < -0.3 is 14.8 Å². The highest BCUT2D eigenvalue weighted by Gasteiger charge is 2.16. The van der Waals surface area contributed by atoms with Gasteiger partial charge >= 0.3 is 0 Å². The molecule has 1 unspecified atom stereocenters. The summed E-state index contributed by atoms with van der Waals surface area (Å²) < 4.78 is 10.6. The first kappa shape index (κ1) is 15.7. The van der Waals surface area contributed by atoms with Crippen molar-refractivity contribution in [2.24, 2.45) is 0 Å². The number of methoxy groups -OCH3 is 2. The van der Waals surface area contributed by atoms with E-state index >= 15 is 0 Å². The molecule has 0 aliphatic heterocycles. The second-order valence-electron chi connectivity index (χ2n) is 3.98. The molecule has 0 aromatic heterocycles. The zero-order valence-corrected chi connectivity index (χ0v) is 12.6. The molecule has 1 aromatic carbocycles. The van der Waals surface area contributed by atoms with Crippen molar-refractivity contribution in [1.82, 2.24) is 5.32 Å². The van der Waals surface area contributed by atoms with Gasteiger partial charge in [-0.1, -0.05) is 18.5 Å². The fourth-order valence-electron chi connectivity index (χ4n) is 1.90. The van der Waals surface area contributed by atoms with E-state index in [0.29, 0.717) is 16.5 Å².